The van der Waals surface area contributed by atoms with Gasteiger partial charge in [-0.1, -0.05) is 23.8 Å². The maximum absolute atomic E-state index is 12.8. The lowest BCUT2D eigenvalue weighted by atomic mass is 10.3. The van der Waals surface area contributed by atoms with E-state index in [-0.39, 0.29) is 17.2 Å². The zero-order chi connectivity index (χ0) is 19.7. The van der Waals surface area contributed by atoms with Gasteiger partial charge in [0.2, 0.25) is 11.8 Å². The quantitative estimate of drug-likeness (QED) is 0.365. The van der Waals surface area contributed by atoms with Crippen LogP contribution < -0.4 is 11.1 Å². The van der Waals surface area contributed by atoms with Crippen LogP contribution in [0.15, 0.2) is 30.4 Å². The molecular formula is C16H22ClFN2O5. The number of nitrogens with two attached hydrogens (primary N) is 1. The van der Waals surface area contributed by atoms with E-state index in [9.17, 15) is 14.0 Å². The van der Waals surface area contributed by atoms with E-state index in [1.54, 1.807) is 0 Å². The summed E-state index contributed by atoms with van der Waals surface area (Å²) >= 11 is 5.56. The third-order valence-corrected chi connectivity index (χ3v) is 2.61. The van der Waals surface area contributed by atoms with Gasteiger partial charge in [-0.05, 0) is 37.5 Å². The molecule has 25 heavy (non-hydrogen) atoms. The Balaban J connectivity index is 0. The Morgan fingerprint density at radius 3 is 2.16 bits per heavy atom. The van der Waals surface area contributed by atoms with Gasteiger partial charge in [0.1, 0.15) is 12.2 Å². The number of primary amides is 1. The molecule has 7 nitrogen and oxygen atoms in total. The van der Waals surface area contributed by atoms with Crippen LogP contribution in [0, 0.1) is 5.82 Å². The molecular weight excluding hydrogens is 355 g/mol. The highest BCUT2D eigenvalue weighted by atomic mass is 35.5. The number of aliphatic hydroxyl groups is 1. The van der Waals surface area contributed by atoms with E-state index in [2.05, 4.69) is 17.5 Å². The number of benzene rings is 1. The maximum Gasteiger partial charge on any atom is 0.290 e. The van der Waals surface area contributed by atoms with Gasteiger partial charge in [-0.3, -0.25) is 14.4 Å². The van der Waals surface area contributed by atoms with E-state index in [4.69, 9.17) is 32.3 Å². The van der Waals surface area contributed by atoms with Gasteiger partial charge in [-0.15, -0.1) is 0 Å². The predicted molar refractivity (Wildman–Crippen MR) is 93.7 cm³/mol. The van der Waals surface area contributed by atoms with Crippen molar-refractivity contribution in [3.05, 3.63) is 41.2 Å². The summed E-state index contributed by atoms with van der Waals surface area (Å²) in [7, 11) is 1.00. The molecule has 0 saturated carbocycles. The fraction of sp³-hybridized carbons (Fsp3) is 0.312. The van der Waals surface area contributed by atoms with E-state index in [0.717, 1.165) is 19.2 Å². The number of hydrogen-bond donors (Lipinski definition) is 4. The van der Waals surface area contributed by atoms with Crippen molar-refractivity contribution in [2.75, 3.05) is 12.4 Å². The average molecular weight is 377 g/mol. The summed E-state index contributed by atoms with van der Waals surface area (Å²) in [4.78, 5) is 29.8. The van der Waals surface area contributed by atoms with Crippen molar-refractivity contribution in [3.63, 3.8) is 0 Å². The topological polar surface area (TPSA) is 130 Å². The molecule has 5 N–H and O–H groups in total. The van der Waals surface area contributed by atoms with E-state index in [1.807, 2.05) is 0 Å². The van der Waals surface area contributed by atoms with Gasteiger partial charge in [0.05, 0.1) is 0 Å². The number of carbonyl (C=O) groups excluding carboxylic acids is 2. The third-order valence-electron chi connectivity index (χ3n) is 2.39. The van der Waals surface area contributed by atoms with Gasteiger partial charge in [-0.25, -0.2) is 4.39 Å². The van der Waals surface area contributed by atoms with Crippen LogP contribution in [0.5, 0.6) is 0 Å². The molecule has 0 radical (unpaired) electrons. The van der Waals surface area contributed by atoms with Crippen LogP contribution in [0.2, 0.25) is 5.02 Å². The first-order valence-corrected chi connectivity index (χ1v) is 7.48. The number of aliphatic hydroxyl groups excluding tert-OH is 1. The summed E-state index contributed by atoms with van der Waals surface area (Å²) in [5.74, 6) is -1.93. The molecule has 0 aromatic heterocycles. The summed E-state index contributed by atoms with van der Waals surface area (Å²) in [6, 6.07) is 3.56. The molecule has 0 heterocycles. The van der Waals surface area contributed by atoms with Crippen LogP contribution >= 0.6 is 11.6 Å². The SMILES string of the molecule is C1=CCCC1.CO.NC(=O)CC(=O)Nc1cc(F)cc(Cl)c1.O=CO. The van der Waals surface area contributed by atoms with Crippen molar-refractivity contribution in [3.8, 4) is 0 Å². The van der Waals surface area contributed by atoms with Gasteiger partial charge in [-0.2, -0.15) is 0 Å². The number of nitrogens with one attached hydrogen (secondary N) is 1. The Kier molecular flexibility index (Phi) is 16.3. The lowest BCUT2D eigenvalue weighted by Gasteiger charge is -2.04. The van der Waals surface area contributed by atoms with Gasteiger partial charge >= 0.3 is 0 Å². The molecule has 2 amide bonds. The number of hydrogen-bond acceptors (Lipinski definition) is 4. The molecule has 0 saturated heterocycles. The van der Waals surface area contributed by atoms with E-state index < -0.39 is 24.1 Å². The average Bonchev–Trinajstić information content (AvgIpc) is 3.07. The molecule has 1 aliphatic rings. The van der Waals surface area contributed by atoms with Crippen molar-refractivity contribution < 1.29 is 29.0 Å². The van der Waals surface area contributed by atoms with Crippen LogP contribution in [0.3, 0.4) is 0 Å². The number of carboxylic acid groups (broad SMARTS) is 1. The highest BCUT2D eigenvalue weighted by Crippen LogP contribution is 2.18. The standard InChI is InChI=1S/C9H8ClFN2O2.C5H8.CH2O2.CH4O/c10-5-1-6(11)3-7(2-5)13-9(15)4-8(12)14;1-2-4-5-3-1;2-1-3;1-2/h1-3H,4H2,(H2,12,14)(H,13,15);1-2H,3-5H2;1H,(H,2,3);2H,1H3. The summed E-state index contributed by atoms with van der Waals surface area (Å²) < 4.78 is 12.8. The van der Waals surface area contributed by atoms with Crippen molar-refractivity contribution in [1.82, 2.24) is 0 Å². The molecule has 0 aliphatic heterocycles. The lowest BCUT2D eigenvalue weighted by molar-refractivity contribution is -0.125. The molecule has 9 heteroatoms. The van der Waals surface area contributed by atoms with Crippen LogP contribution in [0.25, 0.3) is 0 Å². The van der Waals surface area contributed by atoms with Gasteiger partial charge in [0, 0.05) is 17.8 Å². The number of amides is 2. The molecule has 0 spiro atoms. The van der Waals surface area contributed by atoms with Gasteiger partial charge in [0.25, 0.3) is 6.47 Å². The largest absolute Gasteiger partial charge is 0.483 e. The fourth-order valence-electron chi connectivity index (χ4n) is 1.58. The minimum absolute atomic E-state index is 0.157. The van der Waals surface area contributed by atoms with Gasteiger partial charge in [0.15, 0.2) is 0 Å². The predicted octanol–water partition coefficient (Wildman–Crippen LogP) is 2.33. The molecule has 1 aliphatic carbocycles. The number of carbonyl (C=O) groups is 3. The third kappa shape index (κ3) is 16.2. The van der Waals surface area contributed by atoms with Crippen LogP contribution in [-0.2, 0) is 14.4 Å². The first kappa shape index (κ1) is 24.8. The van der Waals surface area contributed by atoms with Crippen molar-refractivity contribution in [1.29, 1.82) is 0 Å². The zero-order valence-electron chi connectivity index (χ0n) is 13.7. The highest BCUT2D eigenvalue weighted by molar-refractivity contribution is 6.30. The Bertz CT molecular complexity index is 541. The minimum atomic E-state index is -0.755. The summed E-state index contributed by atoms with van der Waals surface area (Å²) in [5.41, 5.74) is 4.99. The zero-order valence-corrected chi connectivity index (χ0v) is 14.5. The smallest absolute Gasteiger partial charge is 0.290 e. The minimum Gasteiger partial charge on any atom is -0.483 e. The normalized spacial score (nSPS) is 10.7. The van der Waals surface area contributed by atoms with Crippen LogP contribution in [-0.4, -0.2) is 35.6 Å². The van der Waals surface area contributed by atoms with Crippen molar-refractivity contribution in [2.24, 2.45) is 5.73 Å². The second-order valence-electron chi connectivity index (χ2n) is 4.36. The van der Waals surface area contributed by atoms with Crippen LogP contribution in [0.4, 0.5) is 10.1 Å². The first-order valence-electron chi connectivity index (χ1n) is 7.10. The summed E-state index contributed by atoms with van der Waals surface area (Å²) in [6.07, 6.45) is 8.05. The lowest BCUT2D eigenvalue weighted by Crippen LogP contribution is -2.21. The Hall–Kier alpha value is -2.45. The van der Waals surface area contributed by atoms with Crippen LogP contribution in [0.1, 0.15) is 25.7 Å². The van der Waals surface area contributed by atoms with E-state index in [0.29, 0.717) is 0 Å². The molecule has 0 atom stereocenters. The molecule has 1 aromatic carbocycles. The maximum atomic E-state index is 12.8. The highest BCUT2D eigenvalue weighted by Gasteiger charge is 2.07. The Morgan fingerprint density at radius 2 is 1.80 bits per heavy atom. The fourth-order valence-corrected chi connectivity index (χ4v) is 1.80. The summed E-state index contributed by atoms with van der Waals surface area (Å²) in [6.45, 7) is -0.250. The molecule has 140 valence electrons. The second-order valence-corrected chi connectivity index (χ2v) is 4.79. The Morgan fingerprint density at radius 1 is 1.28 bits per heavy atom. The number of anilines is 1. The molecule has 0 unspecified atom stereocenters. The number of rotatable bonds is 3. The second kappa shape index (κ2) is 16.4. The van der Waals surface area contributed by atoms with Crippen molar-refractivity contribution >= 4 is 35.6 Å². The summed E-state index contributed by atoms with van der Waals surface area (Å²) in [5, 5.41) is 16.3. The molecule has 1 aromatic rings. The number of allylic oxidation sites excluding steroid dienone is 2. The number of halogens is 2. The molecule has 0 bridgehead atoms. The Labute approximate surface area is 150 Å². The molecule has 0 fully saturated rings. The van der Waals surface area contributed by atoms with E-state index >= 15 is 0 Å². The van der Waals surface area contributed by atoms with Crippen molar-refractivity contribution in [2.45, 2.75) is 25.7 Å². The monoisotopic (exact) mass is 376 g/mol. The first-order chi connectivity index (χ1) is 11.9. The molecule has 2 rings (SSSR count). The van der Waals surface area contributed by atoms with E-state index in [1.165, 1.54) is 25.3 Å². The van der Waals surface area contributed by atoms with Gasteiger partial charge < -0.3 is 21.3 Å².